The Hall–Kier alpha value is -5.23. The van der Waals surface area contributed by atoms with Crippen molar-refractivity contribution in [3.05, 3.63) is 45.9 Å². The van der Waals surface area contributed by atoms with Crippen molar-refractivity contribution in [1.29, 1.82) is 0 Å². The van der Waals surface area contributed by atoms with Gasteiger partial charge < -0.3 is 24.8 Å². The zero-order chi connectivity index (χ0) is 48.0. The molecular weight excluding hydrogens is 859 g/mol. The number of hydrogen-bond donors (Lipinski definition) is 2. The summed E-state index contributed by atoms with van der Waals surface area (Å²) >= 11 is 1.29. The third kappa shape index (κ3) is 15.2. The van der Waals surface area contributed by atoms with Gasteiger partial charge in [0.1, 0.15) is 11.4 Å². The number of amides is 4. The van der Waals surface area contributed by atoms with E-state index in [1.807, 2.05) is 48.6 Å². The van der Waals surface area contributed by atoms with Crippen LogP contribution in [0, 0.1) is 23.7 Å². The maximum absolute atomic E-state index is 14.8. The van der Waals surface area contributed by atoms with Crippen molar-refractivity contribution in [2.24, 2.45) is 23.7 Å². The number of rotatable bonds is 24. The summed E-state index contributed by atoms with van der Waals surface area (Å²) in [5.41, 5.74) is 0.833. The minimum atomic E-state index is -1.27. The standard InChI is InChI=1S/C47H67N5O12S/c1-9-13-42(56)62-27-51(45(58)35(29(5)10-2)25-39(53)37-14-11-12-21-50(37)8)38(28(3)4)23-30(6)44-49-36(26-65-44)43(57)48-33(22-31(7)46(59)60)24-32-15-17-34(18-16-32)63-47(61)64-52-40(54)19-20-41(52)55/h15-18,26,28-31,33,35,37-38H,9-14,19-25,27H2,1-8H3,(H,48,57)(H,59,60)/t29?,30-,31+,33-,35+,37-,38-/m0/s1. The van der Waals surface area contributed by atoms with E-state index in [0.717, 1.165) is 25.8 Å². The number of esters is 1. The van der Waals surface area contributed by atoms with Crippen molar-refractivity contribution in [1.82, 2.24) is 25.2 Å². The maximum Gasteiger partial charge on any atom is 0.539 e. The molecule has 2 saturated heterocycles. The number of hydroxylamine groups is 2. The number of nitrogens with zero attached hydrogens (tertiary/aromatic N) is 4. The number of benzene rings is 1. The fourth-order valence-corrected chi connectivity index (χ4v) is 9.12. The highest BCUT2D eigenvalue weighted by molar-refractivity contribution is 7.09. The number of Topliss-reactive ketones (excluding diaryl/α,β-unsaturated/α-hetero) is 1. The Balaban J connectivity index is 1.49. The largest absolute Gasteiger partial charge is 0.539 e. The van der Waals surface area contributed by atoms with E-state index < -0.39 is 59.7 Å². The molecule has 358 valence electrons. The Morgan fingerprint density at radius 3 is 2.25 bits per heavy atom. The molecule has 1 aromatic heterocycles. The first-order chi connectivity index (χ1) is 30.8. The number of nitrogens with one attached hydrogen (secondary N) is 1. The van der Waals surface area contributed by atoms with E-state index in [2.05, 4.69) is 10.2 Å². The molecule has 0 saturated carbocycles. The number of thiazole rings is 1. The first kappa shape index (κ1) is 52.4. The van der Waals surface area contributed by atoms with E-state index in [0.29, 0.717) is 34.9 Å². The number of carbonyl (C=O) groups is 8. The lowest BCUT2D eigenvalue weighted by atomic mass is 9.82. The molecule has 3 heterocycles. The van der Waals surface area contributed by atoms with Gasteiger partial charge in [-0.2, -0.15) is 0 Å². The van der Waals surface area contributed by atoms with Gasteiger partial charge in [0.2, 0.25) is 5.91 Å². The van der Waals surface area contributed by atoms with Gasteiger partial charge in [-0.3, -0.25) is 43.3 Å². The van der Waals surface area contributed by atoms with E-state index in [1.165, 1.54) is 23.5 Å². The fourth-order valence-electron chi connectivity index (χ4n) is 8.25. The lowest BCUT2D eigenvalue weighted by molar-refractivity contribution is -0.174. The summed E-state index contributed by atoms with van der Waals surface area (Å²) in [6, 6.07) is 4.91. The van der Waals surface area contributed by atoms with Gasteiger partial charge in [-0.1, -0.05) is 78.5 Å². The van der Waals surface area contributed by atoms with Crippen molar-refractivity contribution in [3.8, 4) is 5.75 Å². The average molecular weight is 926 g/mol. The molecule has 2 aliphatic heterocycles. The highest BCUT2D eigenvalue weighted by Gasteiger charge is 2.39. The lowest BCUT2D eigenvalue weighted by Gasteiger charge is -2.39. The summed E-state index contributed by atoms with van der Waals surface area (Å²) in [4.78, 5) is 116. The first-order valence-corrected chi connectivity index (χ1v) is 23.7. The van der Waals surface area contributed by atoms with Crippen molar-refractivity contribution in [3.63, 3.8) is 0 Å². The van der Waals surface area contributed by atoms with Crippen molar-refractivity contribution >= 4 is 58.8 Å². The van der Waals surface area contributed by atoms with Crippen molar-refractivity contribution in [2.75, 3.05) is 20.3 Å². The number of imide groups is 1. The molecule has 2 aliphatic rings. The topological polar surface area (TPSA) is 219 Å². The van der Waals surface area contributed by atoms with Gasteiger partial charge in [-0.05, 0) is 81.6 Å². The number of likely N-dealkylation sites (N-methyl/N-ethyl adjacent to an activating group) is 1. The molecule has 4 rings (SSSR count). The summed E-state index contributed by atoms with van der Waals surface area (Å²) in [5, 5.41) is 15.3. The summed E-state index contributed by atoms with van der Waals surface area (Å²) in [7, 11) is 1.96. The van der Waals surface area contributed by atoms with Crippen molar-refractivity contribution < 1.29 is 57.8 Å². The molecular formula is C47H67N5O12S. The van der Waals surface area contributed by atoms with E-state index >= 15 is 0 Å². The Morgan fingerprint density at radius 2 is 1.65 bits per heavy atom. The second-order valence-corrected chi connectivity index (χ2v) is 18.8. The highest BCUT2D eigenvalue weighted by Crippen LogP contribution is 2.33. The summed E-state index contributed by atoms with van der Waals surface area (Å²) in [6.07, 6.45) is 3.70. The molecule has 17 nitrogen and oxygen atoms in total. The molecule has 2 fully saturated rings. The molecule has 0 spiro atoms. The van der Waals surface area contributed by atoms with Crippen LogP contribution in [-0.4, -0.2) is 111 Å². The third-order valence-electron chi connectivity index (χ3n) is 12.4. The molecule has 1 unspecified atom stereocenters. The number of aliphatic carboxylic acids is 1. The lowest BCUT2D eigenvalue weighted by Crippen LogP contribution is -2.50. The Morgan fingerprint density at radius 1 is 0.969 bits per heavy atom. The van der Waals surface area contributed by atoms with Crippen LogP contribution in [0.3, 0.4) is 0 Å². The predicted molar refractivity (Wildman–Crippen MR) is 240 cm³/mol. The molecule has 0 bridgehead atoms. The van der Waals surface area contributed by atoms with Crippen LogP contribution in [0.15, 0.2) is 29.6 Å². The van der Waals surface area contributed by atoms with Crippen LogP contribution in [0.4, 0.5) is 4.79 Å². The number of carboxylic acid groups (broad SMARTS) is 1. The van der Waals surface area contributed by atoms with Gasteiger partial charge in [-0.15, -0.1) is 11.3 Å². The van der Waals surface area contributed by atoms with Gasteiger partial charge in [-0.25, -0.2) is 9.78 Å². The monoisotopic (exact) mass is 925 g/mol. The van der Waals surface area contributed by atoms with Gasteiger partial charge in [0, 0.05) is 55.0 Å². The highest BCUT2D eigenvalue weighted by atomic mass is 32.1. The number of likely N-dealkylation sites (tertiary alicyclic amines) is 1. The van der Waals surface area contributed by atoms with E-state index in [9.17, 15) is 43.5 Å². The summed E-state index contributed by atoms with van der Waals surface area (Å²) in [5.74, 6) is -5.16. The van der Waals surface area contributed by atoms with Crippen LogP contribution >= 0.6 is 11.3 Å². The molecule has 1 aromatic carbocycles. The van der Waals surface area contributed by atoms with Gasteiger partial charge in [0.15, 0.2) is 12.5 Å². The van der Waals surface area contributed by atoms with Gasteiger partial charge in [0.05, 0.1) is 17.0 Å². The van der Waals surface area contributed by atoms with E-state index in [1.54, 1.807) is 29.3 Å². The second kappa shape index (κ2) is 24.9. The molecule has 65 heavy (non-hydrogen) atoms. The molecule has 7 atom stereocenters. The van der Waals surface area contributed by atoms with Gasteiger partial charge in [0.25, 0.3) is 17.7 Å². The quantitative estimate of drug-likeness (QED) is 0.0472. The van der Waals surface area contributed by atoms with E-state index in [4.69, 9.17) is 19.3 Å². The fraction of sp³-hybridized carbons (Fsp3) is 0.638. The summed E-state index contributed by atoms with van der Waals surface area (Å²) < 4.78 is 10.8. The Labute approximate surface area is 385 Å². The minimum Gasteiger partial charge on any atom is -0.481 e. The number of aromatic nitrogens is 1. The van der Waals surface area contributed by atoms with Crippen LogP contribution in [0.5, 0.6) is 5.75 Å². The minimum absolute atomic E-state index is 0.0526. The normalized spacial score (nSPS) is 18.3. The van der Waals surface area contributed by atoms with Crippen LogP contribution < -0.4 is 10.1 Å². The van der Waals surface area contributed by atoms with Crippen LogP contribution in [0.25, 0.3) is 0 Å². The van der Waals surface area contributed by atoms with Crippen LogP contribution in [-0.2, 0) is 44.8 Å². The van der Waals surface area contributed by atoms with Crippen LogP contribution in [0.2, 0.25) is 0 Å². The molecule has 4 amide bonds. The zero-order valence-electron chi connectivity index (χ0n) is 39.0. The molecule has 0 radical (unpaired) electrons. The number of carbonyl (C=O) groups excluding carboxylic acids is 7. The van der Waals surface area contributed by atoms with Gasteiger partial charge >= 0.3 is 18.1 Å². The number of piperidine rings is 1. The second-order valence-electron chi connectivity index (χ2n) is 17.9. The van der Waals surface area contributed by atoms with Crippen molar-refractivity contribution in [2.45, 2.75) is 150 Å². The first-order valence-electron chi connectivity index (χ1n) is 22.9. The average Bonchev–Trinajstić information content (AvgIpc) is 3.89. The predicted octanol–water partition coefficient (Wildman–Crippen LogP) is 6.93. The molecule has 2 N–H and O–H groups in total. The number of ketones is 1. The number of carboxylic acids is 1. The third-order valence-corrected chi connectivity index (χ3v) is 13.5. The number of ether oxygens (including phenoxy) is 2. The zero-order valence-corrected chi connectivity index (χ0v) is 39.9. The van der Waals surface area contributed by atoms with E-state index in [-0.39, 0.29) is 92.2 Å². The smallest absolute Gasteiger partial charge is 0.481 e. The maximum atomic E-state index is 14.8. The SMILES string of the molecule is CCCC(=O)OCN(C(=O)[C@H](CC(=O)[C@@H]1CCCCN1C)C(C)CC)[C@@H](C[C@H](C)c1nc(C(=O)N[C@H](Cc2ccc(OC(=O)ON3C(=O)CCC3=O)cc2)C[C@@H](C)C(=O)O)cs1)C(C)C. The van der Waals surface area contributed by atoms with Crippen LogP contribution in [0.1, 0.15) is 146 Å². The Kier molecular flexibility index (Phi) is 20.1. The number of hydrogen-bond acceptors (Lipinski definition) is 14. The molecule has 0 aliphatic carbocycles. The molecule has 18 heteroatoms. The summed E-state index contributed by atoms with van der Waals surface area (Å²) in [6.45, 7) is 14.0. The molecule has 2 aromatic rings. The Bertz CT molecular complexity index is 1970.